The Bertz CT molecular complexity index is 1060. The van der Waals surface area contributed by atoms with Crippen LogP contribution in [0.5, 0.6) is 0 Å². The smallest absolute Gasteiger partial charge is 0.287 e. The number of carbonyl (C=O) groups excluding carboxylic acids is 3. The summed E-state index contributed by atoms with van der Waals surface area (Å²) in [5, 5.41) is 7.69. The van der Waals surface area contributed by atoms with Crippen LogP contribution in [-0.2, 0) is 16.0 Å². The van der Waals surface area contributed by atoms with E-state index in [1.165, 1.54) is 23.7 Å². The zero-order valence-electron chi connectivity index (χ0n) is 18.9. The van der Waals surface area contributed by atoms with Gasteiger partial charge in [-0.3, -0.25) is 14.4 Å². The van der Waals surface area contributed by atoms with Gasteiger partial charge in [-0.1, -0.05) is 49.2 Å². The van der Waals surface area contributed by atoms with Crippen molar-refractivity contribution in [1.82, 2.24) is 15.5 Å². The van der Waals surface area contributed by atoms with Crippen molar-refractivity contribution in [2.75, 3.05) is 13.1 Å². The molecule has 0 unspecified atom stereocenters. The Kier molecular flexibility index (Phi) is 8.14. The number of thiophene rings is 1. The molecule has 1 fully saturated rings. The monoisotopic (exact) mass is 479 g/mol. The van der Waals surface area contributed by atoms with Gasteiger partial charge in [0.25, 0.3) is 5.91 Å². The number of hydrogen-bond acceptors (Lipinski definition) is 5. The molecule has 7 nitrogen and oxygen atoms in total. The van der Waals surface area contributed by atoms with Crippen LogP contribution in [-0.4, -0.2) is 41.8 Å². The largest absolute Gasteiger partial charge is 0.459 e. The van der Waals surface area contributed by atoms with Gasteiger partial charge in [0.2, 0.25) is 11.8 Å². The second-order valence-corrected chi connectivity index (χ2v) is 9.37. The summed E-state index contributed by atoms with van der Waals surface area (Å²) in [6.07, 6.45) is 6.12. The van der Waals surface area contributed by atoms with Crippen LogP contribution in [0.15, 0.2) is 70.7 Å². The molecule has 0 radical (unpaired) electrons. The molecule has 3 amide bonds. The highest BCUT2D eigenvalue weighted by atomic mass is 32.1. The SMILES string of the molecule is O=C(NCC(=O)N(CCc1ccccc1)[C@@H](C(=O)NC1CCCC1)c1cccs1)c1ccco1. The van der Waals surface area contributed by atoms with E-state index in [1.807, 2.05) is 47.8 Å². The van der Waals surface area contributed by atoms with Gasteiger partial charge in [0.05, 0.1) is 12.8 Å². The van der Waals surface area contributed by atoms with Gasteiger partial charge in [0, 0.05) is 17.5 Å². The first-order chi connectivity index (χ1) is 16.6. The van der Waals surface area contributed by atoms with Crippen molar-refractivity contribution < 1.29 is 18.8 Å². The first-order valence-electron chi connectivity index (χ1n) is 11.6. The van der Waals surface area contributed by atoms with Crippen LogP contribution < -0.4 is 10.6 Å². The fourth-order valence-electron chi connectivity index (χ4n) is 4.27. The number of rotatable bonds is 10. The number of furan rings is 1. The van der Waals surface area contributed by atoms with Gasteiger partial charge in [-0.15, -0.1) is 11.3 Å². The van der Waals surface area contributed by atoms with E-state index in [0.29, 0.717) is 13.0 Å². The topological polar surface area (TPSA) is 91.7 Å². The van der Waals surface area contributed by atoms with Crippen molar-refractivity contribution in [3.63, 3.8) is 0 Å². The molecule has 0 aliphatic heterocycles. The van der Waals surface area contributed by atoms with Gasteiger partial charge in [-0.05, 0) is 48.4 Å². The van der Waals surface area contributed by atoms with Gasteiger partial charge in [0.1, 0.15) is 6.04 Å². The van der Waals surface area contributed by atoms with E-state index in [-0.39, 0.29) is 30.2 Å². The highest BCUT2D eigenvalue weighted by molar-refractivity contribution is 7.10. The maximum atomic E-state index is 13.5. The number of amides is 3. The third-order valence-electron chi connectivity index (χ3n) is 6.02. The minimum Gasteiger partial charge on any atom is -0.459 e. The molecule has 8 heteroatoms. The van der Waals surface area contributed by atoms with Crippen LogP contribution in [0.1, 0.15) is 52.7 Å². The highest BCUT2D eigenvalue weighted by Gasteiger charge is 2.33. The van der Waals surface area contributed by atoms with E-state index in [0.717, 1.165) is 36.1 Å². The summed E-state index contributed by atoms with van der Waals surface area (Å²) in [6.45, 7) is 0.118. The van der Waals surface area contributed by atoms with Crippen molar-refractivity contribution in [2.24, 2.45) is 0 Å². The zero-order valence-corrected chi connectivity index (χ0v) is 19.8. The van der Waals surface area contributed by atoms with Gasteiger partial charge in [-0.2, -0.15) is 0 Å². The summed E-state index contributed by atoms with van der Waals surface area (Å²) in [5.41, 5.74) is 1.07. The maximum absolute atomic E-state index is 13.5. The summed E-state index contributed by atoms with van der Waals surface area (Å²) >= 11 is 1.45. The van der Waals surface area contributed by atoms with Gasteiger partial charge in [-0.25, -0.2) is 0 Å². The molecule has 34 heavy (non-hydrogen) atoms. The third kappa shape index (κ3) is 6.14. The molecule has 2 aromatic heterocycles. The molecule has 1 atom stereocenters. The van der Waals surface area contributed by atoms with Crippen LogP contribution >= 0.6 is 11.3 Å². The molecule has 0 bridgehead atoms. The van der Waals surface area contributed by atoms with E-state index in [2.05, 4.69) is 10.6 Å². The van der Waals surface area contributed by atoms with Crippen molar-refractivity contribution >= 4 is 29.1 Å². The van der Waals surface area contributed by atoms with E-state index in [4.69, 9.17) is 4.42 Å². The van der Waals surface area contributed by atoms with Crippen LogP contribution in [0.25, 0.3) is 0 Å². The molecule has 1 aromatic carbocycles. The maximum Gasteiger partial charge on any atom is 0.287 e. The van der Waals surface area contributed by atoms with Crippen molar-refractivity contribution in [3.8, 4) is 0 Å². The summed E-state index contributed by atoms with van der Waals surface area (Å²) in [4.78, 5) is 41.6. The van der Waals surface area contributed by atoms with E-state index >= 15 is 0 Å². The Morgan fingerprint density at radius 1 is 1.03 bits per heavy atom. The molecule has 1 aliphatic carbocycles. The first-order valence-corrected chi connectivity index (χ1v) is 12.5. The molecule has 4 rings (SSSR count). The van der Waals surface area contributed by atoms with Crippen molar-refractivity contribution in [1.29, 1.82) is 0 Å². The lowest BCUT2D eigenvalue weighted by Crippen LogP contribution is -2.49. The number of nitrogens with zero attached hydrogens (tertiary/aromatic N) is 1. The Balaban J connectivity index is 1.54. The van der Waals surface area contributed by atoms with Crippen molar-refractivity contribution in [2.45, 2.75) is 44.2 Å². The number of nitrogens with one attached hydrogen (secondary N) is 2. The number of carbonyl (C=O) groups is 3. The fourth-order valence-corrected chi connectivity index (χ4v) is 5.10. The molecular weight excluding hydrogens is 450 g/mol. The average molecular weight is 480 g/mol. The minimum absolute atomic E-state index is 0.136. The minimum atomic E-state index is -0.752. The summed E-state index contributed by atoms with van der Waals surface area (Å²) in [6, 6.07) is 16.2. The summed E-state index contributed by atoms with van der Waals surface area (Å²) in [5.74, 6) is -0.828. The molecule has 2 N–H and O–H groups in total. The van der Waals surface area contributed by atoms with E-state index in [9.17, 15) is 14.4 Å². The normalized spacial score (nSPS) is 14.5. The Hall–Kier alpha value is -3.39. The lowest BCUT2D eigenvalue weighted by Gasteiger charge is -2.31. The third-order valence-corrected chi connectivity index (χ3v) is 6.95. The lowest BCUT2D eigenvalue weighted by molar-refractivity contribution is -0.140. The number of hydrogen-bond donors (Lipinski definition) is 2. The zero-order chi connectivity index (χ0) is 23.8. The second-order valence-electron chi connectivity index (χ2n) is 8.39. The Labute approximate surface area is 203 Å². The molecule has 0 spiro atoms. The quantitative estimate of drug-likeness (QED) is 0.461. The molecule has 2 heterocycles. The van der Waals surface area contributed by atoms with Gasteiger partial charge >= 0.3 is 0 Å². The van der Waals surface area contributed by atoms with Gasteiger partial charge < -0.3 is 20.0 Å². The fraction of sp³-hybridized carbons (Fsp3) is 0.346. The standard InChI is InChI=1S/C26H29N3O4S/c30-23(18-27-25(31)21-12-6-16-33-21)29(15-14-19-8-2-1-3-9-19)24(22-13-7-17-34-22)26(32)28-20-10-4-5-11-20/h1-3,6-9,12-13,16-17,20,24H,4-5,10-11,14-15,18H2,(H,27,31)(H,28,32)/t24-/m1/s1. The van der Waals surface area contributed by atoms with Gasteiger partial charge in [0.15, 0.2) is 5.76 Å². The lowest BCUT2D eigenvalue weighted by atomic mass is 10.1. The molecule has 1 aliphatic rings. The Morgan fingerprint density at radius 3 is 2.50 bits per heavy atom. The molecule has 1 saturated carbocycles. The van der Waals surface area contributed by atoms with Crippen molar-refractivity contribution in [3.05, 3.63) is 82.4 Å². The Morgan fingerprint density at radius 2 is 1.82 bits per heavy atom. The average Bonchev–Trinajstić information content (AvgIpc) is 3.64. The highest BCUT2D eigenvalue weighted by Crippen LogP contribution is 2.28. The summed E-state index contributed by atoms with van der Waals surface area (Å²) in [7, 11) is 0. The first kappa shape index (κ1) is 23.8. The molecule has 0 saturated heterocycles. The molecular formula is C26H29N3O4S. The van der Waals surface area contributed by atoms with E-state index in [1.54, 1.807) is 11.0 Å². The van der Waals surface area contributed by atoms with E-state index < -0.39 is 11.9 Å². The van der Waals surface area contributed by atoms with Crippen LogP contribution in [0.3, 0.4) is 0 Å². The predicted molar refractivity (Wildman–Crippen MR) is 130 cm³/mol. The number of benzene rings is 1. The summed E-state index contributed by atoms with van der Waals surface area (Å²) < 4.78 is 5.11. The van der Waals surface area contributed by atoms with Crippen LogP contribution in [0, 0.1) is 0 Å². The second kappa shape index (κ2) is 11.7. The van der Waals surface area contributed by atoms with Crippen LogP contribution in [0.4, 0.5) is 0 Å². The van der Waals surface area contributed by atoms with Crippen LogP contribution in [0.2, 0.25) is 0 Å². The molecule has 3 aromatic rings. The predicted octanol–water partition coefficient (Wildman–Crippen LogP) is 3.94. The molecule has 178 valence electrons.